The van der Waals surface area contributed by atoms with E-state index in [9.17, 15) is 0 Å². The lowest BCUT2D eigenvalue weighted by Gasteiger charge is -2.11. The second-order valence-electron chi connectivity index (χ2n) is 11.1. The maximum Gasteiger partial charge on any atom is 0.238 e. The van der Waals surface area contributed by atoms with Crippen LogP contribution in [-0.2, 0) is 0 Å². The second-order valence-corrected chi connectivity index (χ2v) is 11.1. The Morgan fingerprint density at radius 2 is 1.04 bits per heavy atom. The zero-order valence-corrected chi connectivity index (χ0v) is 24.4. The van der Waals surface area contributed by atoms with E-state index in [1.54, 1.807) is 6.07 Å². The summed E-state index contributed by atoms with van der Waals surface area (Å²) in [6.45, 7) is 7.68. The van der Waals surface area contributed by atoms with Crippen molar-refractivity contribution in [3.05, 3.63) is 151 Å². The monoisotopic (exact) mass is 589 g/mol. The molecule has 3 aromatic heterocycles. The van der Waals surface area contributed by atoms with Crippen LogP contribution in [0.5, 0.6) is 0 Å². The number of aromatic nitrogens is 4. The van der Waals surface area contributed by atoms with E-state index < -0.39 is 0 Å². The van der Waals surface area contributed by atoms with Gasteiger partial charge in [-0.25, -0.2) is 9.83 Å². The number of para-hydroxylation sites is 4. The minimum absolute atomic E-state index is 0.473. The summed E-state index contributed by atoms with van der Waals surface area (Å²) in [4.78, 5) is 19.0. The largest absolute Gasteiger partial charge is 0.466 e. The normalized spacial score (nSPS) is 11.5. The van der Waals surface area contributed by atoms with Crippen molar-refractivity contribution in [3.8, 4) is 39.9 Å². The number of nitrogens with zero attached hydrogens (tertiary/aromatic N) is 5. The van der Waals surface area contributed by atoms with Gasteiger partial charge in [-0.3, -0.25) is 4.57 Å². The molecule has 6 heteroatoms. The van der Waals surface area contributed by atoms with Gasteiger partial charge in [0.25, 0.3) is 0 Å². The van der Waals surface area contributed by atoms with E-state index in [1.807, 2.05) is 60.7 Å². The second kappa shape index (κ2) is 10.3. The van der Waals surface area contributed by atoms with Gasteiger partial charge in [-0.1, -0.05) is 121 Å². The maximum absolute atomic E-state index is 7.68. The Balaban J connectivity index is 1.32. The lowest BCUT2D eigenvalue weighted by molar-refractivity contribution is 0.671. The van der Waals surface area contributed by atoms with Crippen molar-refractivity contribution < 1.29 is 4.42 Å². The molecule has 0 aliphatic rings. The molecule has 0 atom stereocenters. The number of rotatable bonds is 4. The predicted molar refractivity (Wildman–Crippen MR) is 184 cm³/mol. The van der Waals surface area contributed by atoms with Crippen LogP contribution in [0.4, 0.5) is 5.69 Å². The molecule has 6 nitrogen and oxygen atoms in total. The van der Waals surface area contributed by atoms with Crippen LogP contribution in [0.25, 0.3) is 88.4 Å². The maximum atomic E-state index is 7.68. The Morgan fingerprint density at radius 1 is 0.478 bits per heavy atom. The van der Waals surface area contributed by atoms with Gasteiger partial charge in [0.05, 0.1) is 23.2 Å². The molecule has 0 unspecified atom stereocenters. The molecule has 0 fully saturated rings. The summed E-state index contributed by atoms with van der Waals surface area (Å²) < 4.78 is 8.53. The molecule has 46 heavy (non-hydrogen) atoms. The third-order valence-electron chi connectivity index (χ3n) is 8.52. The average Bonchev–Trinajstić information content (AvgIpc) is 3.68. The van der Waals surface area contributed by atoms with E-state index in [2.05, 4.69) is 82.2 Å². The van der Waals surface area contributed by atoms with Gasteiger partial charge in [0.15, 0.2) is 11.6 Å². The van der Waals surface area contributed by atoms with Crippen molar-refractivity contribution >= 4 is 49.4 Å². The Labute approximate surface area is 263 Å². The fourth-order valence-electron chi connectivity index (χ4n) is 6.36. The standard InChI is InChI=1S/C40H23N5O/c1-41-33-18-10-16-31-30-15-9-17-32(36(30)46-37(31)33)39-42-38(27-23-21-26(22-24-27)25-11-3-2-4-12-25)43-40(44-39)45-34-19-7-5-13-28(34)29-14-6-8-20-35(29)45/h2-24H. The highest BCUT2D eigenvalue weighted by Crippen LogP contribution is 2.39. The molecule has 0 N–H and O–H groups in total. The molecule has 3 heterocycles. The van der Waals surface area contributed by atoms with Crippen molar-refractivity contribution in [2.24, 2.45) is 0 Å². The Bertz CT molecular complexity index is 2590. The number of hydrogen-bond donors (Lipinski definition) is 0. The fourth-order valence-corrected chi connectivity index (χ4v) is 6.36. The first-order chi connectivity index (χ1) is 22.8. The molecular weight excluding hydrogens is 566 g/mol. The van der Waals surface area contributed by atoms with Crippen LogP contribution in [0.1, 0.15) is 0 Å². The number of furan rings is 1. The summed E-state index contributed by atoms with van der Waals surface area (Å²) in [6.07, 6.45) is 0. The quantitative estimate of drug-likeness (QED) is 0.192. The van der Waals surface area contributed by atoms with Gasteiger partial charge in [0, 0.05) is 27.1 Å². The number of fused-ring (bicyclic) bond motifs is 6. The smallest absolute Gasteiger partial charge is 0.238 e. The lowest BCUT2D eigenvalue weighted by atomic mass is 10.0. The van der Waals surface area contributed by atoms with Crippen LogP contribution in [-0.4, -0.2) is 19.5 Å². The van der Waals surface area contributed by atoms with Crippen LogP contribution in [0, 0.1) is 6.57 Å². The van der Waals surface area contributed by atoms with Crippen molar-refractivity contribution in [2.75, 3.05) is 0 Å². The van der Waals surface area contributed by atoms with E-state index in [0.29, 0.717) is 34.5 Å². The molecule has 6 aromatic carbocycles. The van der Waals surface area contributed by atoms with Crippen molar-refractivity contribution in [1.82, 2.24) is 19.5 Å². The molecule has 9 rings (SSSR count). The highest BCUT2D eigenvalue weighted by Gasteiger charge is 2.21. The van der Waals surface area contributed by atoms with Gasteiger partial charge in [-0.15, -0.1) is 0 Å². The van der Waals surface area contributed by atoms with Crippen molar-refractivity contribution in [2.45, 2.75) is 0 Å². The lowest BCUT2D eigenvalue weighted by Crippen LogP contribution is -2.06. The fraction of sp³-hybridized carbons (Fsp3) is 0. The van der Waals surface area contributed by atoms with E-state index >= 15 is 0 Å². The zero-order chi connectivity index (χ0) is 30.6. The minimum Gasteiger partial charge on any atom is -0.466 e. The van der Waals surface area contributed by atoms with E-state index in [4.69, 9.17) is 25.9 Å². The van der Waals surface area contributed by atoms with Gasteiger partial charge in [0.2, 0.25) is 11.6 Å². The summed E-state index contributed by atoms with van der Waals surface area (Å²) in [7, 11) is 0. The highest BCUT2D eigenvalue weighted by molar-refractivity contribution is 6.12. The highest BCUT2D eigenvalue weighted by atomic mass is 16.3. The molecule has 0 bridgehead atoms. The number of hydrogen-bond acceptors (Lipinski definition) is 4. The molecule has 214 valence electrons. The van der Waals surface area contributed by atoms with Gasteiger partial charge < -0.3 is 4.42 Å². The molecule has 0 aliphatic heterocycles. The van der Waals surface area contributed by atoms with Crippen LogP contribution < -0.4 is 0 Å². The third kappa shape index (κ3) is 4.00. The molecule has 9 aromatic rings. The minimum atomic E-state index is 0.473. The number of benzene rings is 6. The SMILES string of the molecule is [C-]#[N+]c1cccc2c1oc1c(-c3nc(-c4ccc(-c5ccccc5)cc4)nc(-n4c5ccccc5c5ccccc54)n3)cccc12. The average molecular weight is 590 g/mol. The molecular formula is C40H23N5O. The van der Waals surface area contributed by atoms with Gasteiger partial charge in [-0.05, 0) is 29.3 Å². The van der Waals surface area contributed by atoms with Gasteiger partial charge in [-0.2, -0.15) is 9.97 Å². The van der Waals surface area contributed by atoms with Crippen LogP contribution in [0.2, 0.25) is 0 Å². The Morgan fingerprint density at radius 3 is 1.76 bits per heavy atom. The summed E-state index contributed by atoms with van der Waals surface area (Å²) in [5, 5.41) is 4.05. The summed E-state index contributed by atoms with van der Waals surface area (Å²) in [5.41, 5.74) is 7.56. The van der Waals surface area contributed by atoms with Crippen molar-refractivity contribution in [1.29, 1.82) is 0 Å². The van der Waals surface area contributed by atoms with E-state index in [0.717, 1.165) is 54.8 Å². The zero-order valence-electron chi connectivity index (χ0n) is 24.4. The molecule has 0 saturated carbocycles. The molecule has 0 aliphatic carbocycles. The third-order valence-corrected chi connectivity index (χ3v) is 8.52. The summed E-state index contributed by atoms with van der Waals surface area (Å²) in [6, 6.07) is 46.8. The van der Waals surface area contributed by atoms with Crippen LogP contribution >= 0.6 is 0 Å². The predicted octanol–water partition coefficient (Wildman–Crippen LogP) is 10.4. The topological polar surface area (TPSA) is 61.1 Å². The van der Waals surface area contributed by atoms with Gasteiger partial charge >= 0.3 is 0 Å². The van der Waals surface area contributed by atoms with Crippen LogP contribution in [0.15, 0.2) is 144 Å². The summed E-state index contributed by atoms with van der Waals surface area (Å²) in [5.74, 6) is 1.55. The Hall–Kier alpha value is -6.58. The van der Waals surface area contributed by atoms with E-state index in [1.165, 1.54) is 0 Å². The molecule has 0 spiro atoms. The first-order valence-corrected chi connectivity index (χ1v) is 15.0. The van der Waals surface area contributed by atoms with E-state index in [-0.39, 0.29) is 0 Å². The van der Waals surface area contributed by atoms with Gasteiger partial charge in [0.1, 0.15) is 11.2 Å². The molecule has 0 radical (unpaired) electrons. The molecule has 0 saturated heterocycles. The summed E-state index contributed by atoms with van der Waals surface area (Å²) >= 11 is 0. The molecule has 0 amide bonds. The Kier molecular flexibility index (Phi) is 5.77. The first kappa shape index (κ1) is 25.9. The first-order valence-electron chi connectivity index (χ1n) is 15.0. The van der Waals surface area contributed by atoms with Crippen LogP contribution in [0.3, 0.4) is 0 Å². The van der Waals surface area contributed by atoms with Crippen molar-refractivity contribution in [3.63, 3.8) is 0 Å².